The maximum atomic E-state index is 5.75. The SMILES string of the molecule is CCCCCCCc1sc(N)cc1C. The highest BCUT2D eigenvalue weighted by Crippen LogP contribution is 2.25. The molecule has 2 heteroatoms. The summed E-state index contributed by atoms with van der Waals surface area (Å²) in [7, 11) is 0. The maximum absolute atomic E-state index is 5.75. The lowest BCUT2D eigenvalue weighted by Gasteiger charge is -1.99. The van der Waals surface area contributed by atoms with Crippen LogP contribution in [0.4, 0.5) is 5.00 Å². The zero-order valence-electron chi connectivity index (χ0n) is 9.31. The van der Waals surface area contributed by atoms with Crippen LogP contribution < -0.4 is 5.73 Å². The molecular formula is C12H21NS. The Balaban J connectivity index is 2.21. The van der Waals surface area contributed by atoms with Crippen molar-refractivity contribution in [2.45, 2.75) is 52.4 Å². The van der Waals surface area contributed by atoms with Gasteiger partial charge in [0.15, 0.2) is 0 Å². The first kappa shape index (κ1) is 11.6. The number of anilines is 1. The lowest BCUT2D eigenvalue weighted by Crippen LogP contribution is -1.84. The van der Waals surface area contributed by atoms with Gasteiger partial charge in [-0.2, -0.15) is 0 Å². The summed E-state index contributed by atoms with van der Waals surface area (Å²) in [6.07, 6.45) is 8.00. The van der Waals surface area contributed by atoms with Gasteiger partial charge in [0.25, 0.3) is 0 Å². The number of unbranched alkanes of at least 4 members (excludes halogenated alkanes) is 4. The van der Waals surface area contributed by atoms with E-state index >= 15 is 0 Å². The molecule has 0 saturated carbocycles. The molecule has 0 unspecified atom stereocenters. The number of aryl methyl sites for hydroxylation is 2. The van der Waals surface area contributed by atoms with Gasteiger partial charge >= 0.3 is 0 Å². The Morgan fingerprint density at radius 2 is 1.93 bits per heavy atom. The van der Waals surface area contributed by atoms with Crippen LogP contribution in [0, 0.1) is 6.92 Å². The van der Waals surface area contributed by atoms with Gasteiger partial charge in [-0.1, -0.05) is 32.6 Å². The van der Waals surface area contributed by atoms with Crippen LogP contribution in [-0.2, 0) is 6.42 Å². The molecule has 0 radical (unpaired) electrons. The summed E-state index contributed by atoms with van der Waals surface area (Å²) >= 11 is 1.76. The Morgan fingerprint density at radius 3 is 2.50 bits per heavy atom. The van der Waals surface area contributed by atoms with Crippen LogP contribution in [0.15, 0.2) is 6.07 Å². The molecule has 0 aliphatic heterocycles. The van der Waals surface area contributed by atoms with Crippen molar-refractivity contribution in [2.24, 2.45) is 0 Å². The minimum absolute atomic E-state index is 0.964. The fourth-order valence-corrected chi connectivity index (χ4v) is 2.67. The highest BCUT2D eigenvalue weighted by Gasteiger charge is 2.02. The van der Waals surface area contributed by atoms with E-state index in [0.29, 0.717) is 0 Å². The Bertz CT molecular complexity index is 265. The molecule has 0 aliphatic carbocycles. The Kier molecular flexibility index (Phi) is 5.02. The molecule has 1 nitrogen and oxygen atoms in total. The number of hydrogen-bond donors (Lipinski definition) is 1. The fraction of sp³-hybridized carbons (Fsp3) is 0.667. The topological polar surface area (TPSA) is 26.0 Å². The first-order valence-electron chi connectivity index (χ1n) is 5.58. The van der Waals surface area contributed by atoms with Gasteiger partial charge in [-0.15, -0.1) is 11.3 Å². The van der Waals surface area contributed by atoms with Crippen LogP contribution in [0.3, 0.4) is 0 Å². The molecule has 0 spiro atoms. The van der Waals surface area contributed by atoms with Crippen LogP contribution in [-0.4, -0.2) is 0 Å². The van der Waals surface area contributed by atoms with Crippen molar-refractivity contribution in [3.05, 3.63) is 16.5 Å². The molecule has 0 atom stereocenters. The van der Waals surface area contributed by atoms with E-state index in [2.05, 4.69) is 19.9 Å². The molecule has 1 rings (SSSR count). The summed E-state index contributed by atoms with van der Waals surface area (Å²) in [5.74, 6) is 0. The molecule has 14 heavy (non-hydrogen) atoms. The molecular weight excluding hydrogens is 190 g/mol. The predicted molar refractivity (Wildman–Crippen MR) is 65.9 cm³/mol. The van der Waals surface area contributed by atoms with Crippen LogP contribution in [0.5, 0.6) is 0 Å². The summed E-state index contributed by atoms with van der Waals surface area (Å²) in [5.41, 5.74) is 7.13. The normalized spacial score (nSPS) is 10.7. The molecule has 2 N–H and O–H groups in total. The maximum Gasteiger partial charge on any atom is 0.0861 e. The fourth-order valence-electron chi connectivity index (χ4n) is 1.68. The Morgan fingerprint density at radius 1 is 1.21 bits per heavy atom. The van der Waals surface area contributed by atoms with Gasteiger partial charge in [0.2, 0.25) is 0 Å². The molecule has 0 aromatic carbocycles. The van der Waals surface area contributed by atoms with Crippen molar-refractivity contribution in [1.82, 2.24) is 0 Å². The van der Waals surface area contributed by atoms with Gasteiger partial charge in [0, 0.05) is 4.88 Å². The highest BCUT2D eigenvalue weighted by atomic mass is 32.1. The third-order valence-corrected chi connectivity index (χ3v) is 3.67. The Hall–Kier alpha value is -0.500. The summed E-state index contributed by atoms with van der Waals surface area (Å²) in [4.78, 5) is 1.49. The van der Waals surface area contributed by atoms with Crippen molar-refractivity contribution in [3.8, 4) is 0 Å². The molecule has 1 heterocycles. The quantitative estimate of drug-likeness (QED) is 0.703. The molecule has 0 amide bonds. The lowest BCUT2D eigenvalue weighted by molar-refractivity contribution is 0.634. The van der Waals surface area contributed by atoms with E-state index < -0.39 is 0 Å². The van der Waals surface area contributed by atoms with Gasteiger partial charge in [-0.05, 0) is 31.4 Å². The molecule has 0 fully saturated rings. The summed E-state index contributed by atoms with van der Waals surface area (Å²) in [5, 5.41) is 0.964. The van der Waals surface area contributed by atoms with E-state index in [-0.39, 0.29) is 0 Å². The van der Waals surface area contributed by atoms with Gasteiger partial charge < -0.3 is 5.73 Å². The second-order valence-electron chi connectivity index (χ2n) is 3.92. The molecule has 0 bridgehead atoms. The standard InChI is InChI=1S/C12H21NS/c1-3-4-5-6-7-8-11-10(2)9-12(13)14-11/h9H,3-8,13H2,1-2H3. The van der Waals surface area contributed by atoms with Gasteiger partial charge in [0.05, 0.1) is 5.00 Å². The average molecular weight is 211 g/mol. The van der Waals surface area contributed by atoms with E-state index in [1.54, 1.807) is 11.3 Å². The van der Waals surface area contributed by atoms with Crippen LogP contribution in [0.2, 0.25) is 0 Å². The first-order valence-corrected chi connectivity index (χ1v) is 6.40. The zero-order valence-corrected chi connectivity index (χ0v) is 10.1. The van der Waals surface area contributed by atoms with Crippen molar-refractivity contribution in [1.29, 1.82) is 0 Å². The second kappa shape index (κ2) is 6.07. The summed E-state index contributed by atoms with van der Waals surface area (Å²) < 4.78 is 0. The first-order chi connectivity index (χ1) is 6.74. The minimum atomic E-state index is 0.964. The summed E-state index contributed by atoms with van der Waals surface area (Å²) in [6.45, 7) is 4.42. The molecule has 0 aliphatic rings. The van der Waals surface area contributed by atoms with Crippen LogP contribution in [0.25, 0.3) is 0 Å². The third kappa shape index (κ3) is 3.70. The van der Waals surface area contributed by atoms with Crippen LogP contribution >= 0.6 is 11.3 Å². The van der Waals surface area contributed by atoms with Gasteiger partial charge in [-0.3, -0.25) is 0 Å². The largest absolute Gasteiger partial charge is 0.391 e. The van der Waals surface area contributed by atoms with Crippen LogP contribution in [0.1, 0.15) is 49.5 Å². The van der Waals surface area contributed by atoms with Crippen molar-refractivity contribution in [2.75, 3.05) is 5.73 Å². The highest BCUT2D eigenvalue weighted by molar-refractivity contribution is 7.16. The second-order valence-corrected chi connectivity index (χ2v) is 5.09. The van der Waals surface area contributed by atoms with E-state index in [9.17, 15) is 0 Å². The number of nitrogens with two attached hydrogens (primary N) is 1. The predicted octanol–water partition coefficient (Wildman–Crippen LogP) is 4.15. The Labute approximate surface area is 91.3 Å². The molecule has 1 aromatic heterocycles. The van der Waals surface area contributed by atoms with E-state index in [1.165, 1.54) is 49.0 Å². The monoisotopic (exact) mass is 211 g/mol. The smallest absolute Gasteiger partial charge is 0.0861 e. The van der Waals surface area contributed by atoms with E-state index in [1.807, 2.05) is 0 Å². The van der Waals surface area contributed by atoms with Gasteiger partial charge in [-0.25, -0.2) is 0 Å². The van der Waals surface area contributed by atoms with Crippen molar-refractivity contribution < 1.29 is 0 Å². The van der Waals surface area contributed by atoms with Crippen molar-refractivity contribution in [3.63, 3.8) is 0 Å². The molecule has 0 saturated heterocycles. The molecule has 1 aromatic rings. The lowest BCUT2D eigenvalue weighted by atomic mass is 10.1. The molecule has 80 valence electrons. The van der Waals surface area contributed by atoms with E-state index in [4.69, 9.17) is 5.73 Å². The number of nitrogen functional groups attached to an aromatic ring is 1. The summed E-state index contributed by atoms with van der Waals surface area (Å²) in [6, 6.07) is 2.09. The number of hydrogen-bond acceptors (Lipinski definition) is 2. The minimum Gasteiger partial charge on any atom is -0.391 e. The van der Waals surface area contributed by atoms with Crippen molar-refractivity contribution >= 4 is 16.3 Å². The number of thiophene rings is 1. The zero-order chi connectivity index (χ0) is 10.4. The van der Waals surface area contributed by atoms with Gasteiger partial charge in [0.1, 0.15) is 0 Å². The average Bonchev–Trinajstić information content (AvgIpc) is 2.45. The number of rotatable bonds is 6. The third-order valence-electron chi connectivity index (χ3n) is 2.55. The van der Waals surface area contributed by atoms with E-state index in [0.717, 1.165) is 5.00 Å².